The van der Waals surface area contributed by atoms with Crippen LogP contribution in [0.1, 0.15) is 18.9 Å². The van der Waals surface area contributed by atoms with Crippen LogP contribution in [0.4, 0.5) is 0 Å². The van der Waals surface area contributed by atoms with E-state index in [0.29, 0.717) is 18.5 Å². The fourth-order valence-corrected chi connectivity index (χ4v) is 4.62. The van der Waals surface area contributed by atoms with Gasteiger partial charge in [0.15, 0.2) is 5.03 Å². The molecule has 0 radical (unpaired) electrons. The molecule has 2 atom stereocenters. The lowest BCUT2D eigenvalue weighted by Gasteiger charge is -2.33. The van der Waals surface area contributed by atoms with Gasteiger partial charge in [0.2, 0.25) is 0 Å². The molecule has 1 aromatic rings. The van der Waals surface area contributed by atoms with E-state index >= 15 is 0 Å². The second kappa shape index (κ2) is 5.17. The fourth-order valence-electron chi connectivity index (χ4n) is 2.71. The normalized spacial score (nSPS) is 24.8. The van der Waals surface area contributed by atoms with Gasteiger partial charge in [0.1, 0.15) is 0 Å². The van der Waals surface area contributed by atoms with Crippen LogP contribution in [0.15, 0.2) is 11.2 Å². The van der Waals surface area contributed by atoms with Gasteiger partial charge in [-0.1, -0.05) is 6.92 Å². The molecule has 0 bridgehead atoms. The summed E-state index contributed by atoms with van der Waals surface area (Å²) in [7, 11) is -2.14. The zero-order chi connectivity index (χ0) is 15.1. The zero-order valence-corrected chi connectivity index (χ0v) is 12.6. The van der Waals surface area contributed by atoms with Gasteiger partial charge in [-0.2, -0.15) is 9.40 Å². The Bertz CT molecular complexity index is 603. The highest BCUT2D eigenvalue weighted by Crippen LogP contribution is 2.28. The smallest absolute Gasteiger partial charge is 0.307 e. The van der Waals surface area contributed by atoms with Crippen LogP contribution in [0.3, 0.4) is 0 Å². The molecule has 7 nitrogen and oxygen atoms in total. The Morgan fingerprint density at radius 2 is 2.10 bits per heavy atom. The van der Waals surface area contributed by atoms with E-state index in [2.05, 4.69) is 5.10 Å². The second-order valence-corrected chi connectivity index (χ2v) is 7.31. The summed E-state index contributed by atoms with van der Waals surface area (Å²) in [5.41, 5.74) is 0.567. The van der Waals surface area contributed by atoms with Crippen molar-refractivity contribution in [1.82, 2.24) is 14.1 Å². The first-order valence-electron chi connectivity index (χ1n) is 6.45. The predicted octanol–water partition coefficient (Wildman–Crippen LogP) is 0.460. The largest absolute Gasteiger partial charge is 0.481 e. The third-order valence-electron chi connectivity index (χ3n) is 3.62. The molecule has 0 aliphatic carbocycles. The van der Waals surface area contributed by atoms with Crippen LogP contribution >= 0.6 is 0 Å². The van der Waals surface area contributed by atoms with Crippen molar-refractivity contribution in [3.05, 3.63) is 11.8 Å². The van der Waals surface area contributed by atoms with Gasteiger partial charge in [0.25, 0.3) is 10.0 Å². The number of aryl methyl sites for hydroxylation is 2. The summed E-state index contributed by atoms with van der Waals surface area (Å²) in [6, 6.07) is 0. The first kappa shape index (κ1) is 15.0. The molecule has 1 aromatic heterocycles. The molecule has 0 amide bonds. The van der Waals surface area contributed by atoms with Crippen molar-refractivity contribution >= 4 is 16.0 Å². The standard InChI is InChI=1S/C12H19N3O4S/c1-8-4-10(12(16)17)7-15(6-8)20(18,19)11-9(2)5-13-14(11)3/h5,8,10H,4,6-7H2,1-3H3,(H,16,17). The van der Waals surface area contributed by atoms with E-state index in [0.717, 1.165) is 0 Å². The highest BCUT2D eigenvalue weighted by Gasteiger charge is 2.38. The molecule has 0 aromatic carbocycles. The lowest BCUT2D eigenvalue weighted by molar-refractivity contribution is -0.143. The zero-order valence-electron chi connectivity index (χ0n) is 11.8. The minimum absolute atomic E-state index is 0.0205. The summed E-state index contributed by atoms with van der Waals surface area (Å²) in [5.74, 6) is -1.58. The second-order valence-electron chi connectivity index (χ2n) is 5.45. The number of nitrogens with zero attached hydrogens (tertiary/aromatic N) is 3. The maximum atomic E-state index is 12.7. The molecule has 0 saturated carbocycles. The van der Waals surface area contributed by atoms with Gasteiger partial charge in [-0.15, -0.1) is 0 Å². The van der Waals surface area contributed by atoms with E-state index in [1.807, 2.05) is 6.92 Å². The summed E-state index contributed by atoms with van der Waals surface area (Å²) < 4.78 is 27.9. The van der Waals surface area contributed by atoms with Crippen LogP contribution in [0.5, 0.6) is 0 Å². The average molecular weight is 301 g/mol. The number of hydrogen-bond acceptors (Lipinski definition) is 4. The van der Waals surface area contributed by atoms with Crippen molar-refractivity contribution in [3.63, 3.8) is 0 Å². The Balaban J connectivity index is 2.37. The van der Waals surface area contributed by atoms with Gasteiger partial charge >= 0.3 is 5.97 Å². The topological polar surface area (TPSA) is 92.5 Å². The molecule has 2 heterocycles. The van der Waals surface area contributed by atoms with E-state index < -0.39 is 21.9 Å². The van der Waals surface area contributed by atoms with Crippen molar-refractivity contribution in [2.45, 2.75) is 25.3 Å². The molecular formula is C12H19N3O4S. The molecule has 8 heteroatoms. The quantitative estimate of drug-likeness (QED) is 0.875. The van der Waals surface area contributed by atoms with E-state index in [-0.39, 0.29) is 17.5 Å². The molecule has 20 heavy (non-hydrogen) atoms. The Morgan fingerprint density at radius 1 is 1.45 bits per heavy atom. The number of rotatable bonds is 3. The van der Waals surface area contributed by atoms with Crippen LogP contribution in [0, 0.1) is 18.8 Å². The summed E-state index contributed by atoms with van der Waals surface area (Å²) in [5, 5.41) is 13.2. The maximum absolute atomic E-state index is 12.7. The molecule has 1 N–H and O–H groups in total. The number of sulfonamides is 1. The van der Waals surface area contributed by atoms with Gasteiger partial charge in [-0.3, -0.25) is 9.48 Å². The van der Waals surface area contributed by atoms with Crippen molar-refractivity contribution in [2.24, 2.45) is 18.9 Å². The summed E-state index contributed by atoms with van der Waals surface area (Å²) in [6.07, 6.45) is 2.00. The van der Waals surface area contributed by atoms with Crippen LogP contribution in [-0.2, 0) is 21.9 Å². The van der Waals surface area contributed by atoms with Gasteiger partial charge in [0.05, 0.1) is 12.1 Å². The maximum Gasteiger partial charge on any atom is 0.307 e. The van der Waals surface area contributed by atoms with Crippen molar-refractivity contribution < 1.29 is 18.3 Å². The Hall–Kier alpha value is -1.41. The predicted molar refractivity (Wildman–Crippen MR) is 71.6 cm³/mol. The van der Waals surface area contributed by atoms with Gasteiger partial charge < -0.3 is 5.11 Å². The Kier molecular flexibility index (Phi) is 3.88. The molecule has 112 valence electrons. The molecule has 2 rings (SSSR count). The van der Waals surface area contributed by atoms with Crippen molar-refractivity contribution in [3.8, 4) is 0 Å². The molecule has 2 unspecified atom stereocenters. The summed E-state index contributed by atoms with van der Waals surface area (Å²) >= 11 is 0. The van der Waals surface area contributed by atoms with Crippen LogP contribution < -0.4 is 0 Å². The molecule has 0 spiro atoms. The highest BCUT2D eigenvalue weighted by molar-refractivity contribution is 7.89. The highest BCUT2D eigenvalue weighted by atomic mass is 32.2. The Morgan fingerprint density at radius 3 is 2.60 bits per heavy atom. The number of aliphatic carboxylic acids is 1. The number of aromatic nitrogens is 2. The minimum atomic E-state index is -3.71. The summed E-state index contributed by atoms with van der Waals surface area (Å²) in [4.78, 5) is 11.2. The third-order valence-corrected chi connectivity index (χ3v) is 5.67. The van der Waals surface area contributed by atoms with Crippen molar-refractivity contribution in [1.29, 1.82) is 0 Å². The molecule has 1 aliphatic rings. The van der Waals surface area contributed by atoms with Gasteiger partial charge in [-0.25, -0.2) is 8.42 Å². The van der Waals surface area contributed by atoms with Crippen LogP contribution in [0.25, 0.3) is 0 Å². The first-order chi connectivity index (χ1) is 9.23. The number of carbonyl (C=O) groups is 1. The number of carboxylic acids is 1. The monoisotopic (exact) mass is 301 g/mol. The minimum Gasteiger partial charge on any atom is -0.481 e. The molecular weight excluding hydrogens is 282 g/mol. The van der Waals surface area contributed by atoms with Crippen molar-refractivity contribution in [2.75, 3.05) is 13.1 Å². The number of carboxylic acid groups (broad SMARTS) is 1. The number of piperidine rings is 1. The Labute approximate surface area is 118 Å². The fraction of sp³-hybridized carbons (Fsp3) is 0.667. The van der Waals surface area contributed by atoms with E-state index in [9.17, 15) is 13.2 Å². The SMILES string of the molecule is Cc1cnn(C)c1S(=O)(=O)N1CC(C)CC(C(=O)O)C1. The van der Waals surface area contributed by atoms with E-state index in [4.69, 9.17) is 5.11 Å². The molecule has 1 aliphatic heterocycles. The molecule has 1 fully saturated rings. The first-order valence-corrected chi connectivity index (χ1v) is 7.89. The van der Waals surface area contributed by atoms with Crippen LogP contribution in [0.2, 0.25) is 0 Å². The van der Waals surface area contributed by atoms with Crippen LogP contribution in [-0.4, -0.2) is 46.7 Å². The lowest BCUT2D eigenvalue weighted by Crippen LogP contribution is -2.46. The van der Waals surface area contributed by atoms with Gasteiger partial charge in [-0.05, 0) is 19.3 Å². The third kappa shape index (κ3) is 2.57. The van der Waals surface area contributed by atoms with Gasteiger partial charge in [0, 0.05) is 25.7 Å². The lowest BCUT2D eigenvalue weighted by atomic mass is 9.92. The number of hydrogen-bond donors (Lipinski definition) is 1. The summed E-state index contributed by atoms with van der Waals surface area (Å²) in [6.45, 7) is 3.92. The molecule has 1 saturated heterocycles. The van der Waals surface area contributed by atoms with E-state index in [1.165, 1.54) is 15.2 Å². The van der Waals surface area contributed by atoms with E-state index in [1.54, 1.807) is 14.0 Å². The average Bonchev–Trinajstić information content (AvgIpc) is 2.68.